The lowest BCUT2D eigenvalue weighted by atomic mass is 9.82. The number of nitrogens with zero attached hydrogens (tertiary/aromatic N) is 2. The van der Waals surface area contributed by atoms with Crippen molar-refractivity contribution in [2.24, 2.45) is 0 Å². The fourth-order valence-corrected chi connectivity index (χ4v) is 3.73. The van der Waals surface area contributed by atoms with E-state index in [0.29, 0.717) is 12.2 Å². The summed E-state index contributed by atoms with van der Waals surface area (Å²) < 4.78 is 6.06. The third-order valence-corrected chi connectivity index (χ3v) is 4.84. The lowest BCUT2D eigenvalue weighted by molar-refractivity contribution is -0.0246. The van der Waals surface area contributed by atoms with Gasteiger partial charge in [-0.3, -0.25) is 4.79 Å². The van der Waals surface area contributed by atoms with Crippen molar-refractivity contribution >= 4 is 5.91 Å². The summed E-state index contributed by atoms with van der Waals surface area (Å²) in [5.74, 6) is -0.0643. The molecule has 1 amide bonds. The molecule has 1 aliphatic heterocycles. The average molecular weight is 303 g/mol. The van der Waals surface area contributed by atoms with Gasteiger partial charge in [0.05, 0.1) is 29.5 Å². The van der Waals surface area contributed by atoms with Gasteiger partial charge in [-0.1, -0.05) is 32.6 Å². The minimum atomic E-state index is -0.0643. The molecule has 0 unspecified atom stereocenters. The molecule has 1 aliphatic carbocycles. The van der Waals surface area contributed by atoms with Crippen LogP contribution in [0.15, 0.2) is 12.5 Å². The van der Waals surface area contributed by atoms with Gasteiger partial charge in [0.15, 0.2) is 0 Å². The Morgan fingerprint density at radius 1 is 1.41 bits per heavy atom. The second-order valence-electron chi connectivity index (χ2n) is 6.56. The molecule has 5 nitrogen and oxygen atoms in total. The summed E-state index contributed by atoms with van der Waals surface area (Å²) in [6, 6.07) is 0.111. The van der Waals surface area contributed by atoms with E-state index in [0.717, 1.165) is 37.8 Å². The zero-order valence-electron chi connectivity index (χ0n) is 13.3. The molecule has 1 saturated heterocycles. The van der Waals surface area contributed by atoms with E-state index >= 15 is 0 Å². The molecule has 22 heavy (non-hydrogen) atoms. The largest absolute Gasteiger partial charge is 0.373 e. The zero-order valence-corrected chi connectivity index (χ0v) is 13.3. The minimum absolute atomic E-state index is 0.0234. The van der Waals surface area contributed by atoms with Crippen molar-refractivity contribution in [2.45, 2.75) is 69.9 Å². The normalized spacial score (nSPS) is 23.6. The lowest BCUT2D eigenvalue weighted by Crippen LogP contribution is -2.38. The van der Waals surface area contributed by atoms with Crippen molar-refractivity contribution in [2.75, 3.05) is 6.61 Å². The molecule has 5 heteroatoms. The summed E-state index contributed by atoms with van der Waals surface area (Å²) in [6.45, 7) is 2.71. The van der Waals surface area contributed by atoms with Crippen LogP contribution in [0.4, 0.5) is 0 Å². The van der Waals surface area contributed by atoms with Gasteiger partial charge in [-0.25, -0.2) is 9.97 Å². The summed E-state index contributed by atoms with van der Waals surface area (Å²) in [6.07, 6.45) is 11.9. The number of carbonyl (C=O) groups is 1. The molecule has 3 rings (SSSR count). The van der Waals surface area contributed by atoms with Crippen LogP contribution in [0.1, 0.15) is 67.9 Å². The van der Waals surface area contributed by atoms with Gasteiger partial charge in [-0.05, 0) is 25.7 Å². The van der Waals surface area contributed by atoms with Crippen LogP contribution in [-0.2, 0) is 11.2 Å². The highest BCUT2D eigenvalue weighted by molar-refractivity contribution is 5.95. The van der Waals surface area contributed by atoms with Crippen LogP contribution in [0.5, 0.6) is 0 Å². The van der Waals surface area contributed by atoms with Crippen molar-refractivity contribution in [3.8, 4) is 0 Å². The van der Waals surface area contributed by atoms with Gasteiger partial charge in [0.1, 0.15) is 6.33 Å². The predicted octanol–water partition coefficient (Wildman–Crippen LogP) is 2.65. The number of aryl methyl sites for hydroxylation is 1. The first-order valence-corrected chi connectivity index (χ1v) is 8.46. The number of nitrogens with one attached hydrogen (secondary N) is 1. The molecule has 1 aromatic rings. The summed E-state index contributed by atoms with van der Waals surface area (Å²) in [5.41, 5.74) is 1.46. The fraction of sp³-hybridized carbons (Fsp3) is 0.706. The maximum Gasteiger partial charge on any atom is 0.255 e. The molecule has 1 aromatic heterocycles. The summed E-state index contributed by atoms with van der Waals surface area (Å²) >= 11 is 0. The van der Waals surface area contributed by atoms with Gasteiger partial charge < -0.3 is 10.1 Å². The van der Waals surface area contributed by atoms with Crippen LogP contribution < -0.4 is 5.32 Å². The fourth-order valence-electron chi connectivity index (χ4n) is 3.73. The van der Waals surface area contributed by atoms with Gasteiger partial charge >= 0.3 is 0 Å². The Hall–Kier alpha value is -1.49. The maximum absolute atomic E-state index is 12.5. The summed E-state index contributed by atoms with van der Waals surface area (Å²) in [7, 11) is 0. The second kappa shape index (κ2) is 6.73. The Morgan fingerprint density at radius 2 is 2.23 bits per heavy atom. The third kappa shape index (κ3) is 3.29. The minimum Gasteiger partial charge on any atom is -0.373 e. The van der Waals surface area contributed by atoms with E-state index in [1.54, 1.807) is 6.20 Å². The van der Waals surface area contributed by atoms with Crippen molar-refractivity contribution in [3.63, 3.8) is 0 Å². The number of rotatable bonds is 4. The number of ether oxygens (including phenoxy) is 1. The predicted molar refractivity (Wildman–Crippen MR) is 83.7 cm³/mol. The first-order valence-electron chi connectivity index (χ1n) is 8.46. The number of aromatic nitrogens is 2. The first-order chi connectivity index (χ1) is 10.7. The molecule has 0 aromatic carbocycles. The van der Waals surface area contributed by atoms with E-state index in [4.69, 9.17) is 4.74 Å². The van der Waals surface area contributed by atoms with Crippen LogP contribution in [0.3, 0.4) is 0 Å². The van der Waals surface area contributed by atoms with Crippen molar-refractivity contribution in [1.82, 2.24) is 15.3 Å². The average Bonchev–Trinajstić information content (AvgIpc) is 2.91. The van der Waals surface area contributed by atoms with Gasteiger partial charge in [-0.15, -0.1) is 0 Å². The quantitative estimate of drug-likeness (QED) is 0.928. The molecule has 1 saturated carbocycles. The maximum atomic E-state index is 12.5. The monoisotopic (exact) mass is 303 g/mol. The number of hydrogen-bond acceptors (Lipinski definition) is 4. The van der Waals surface area contributed by atoms with Crippen molar-refractivity contribution < 1.29 is 9.53 Å². The Bertz CT molecular complexity index is 526. The molecular formula is C17H25N3O2. The third-order valence-electron chi connectivity index (χ3n) is 4.84. The topological polar surface area (TPSA) is 64.1 Å². The van der Waals surface area contributed by atoms with E-state index in [2.05, 4.69) is 22.2 Å². The Balaban J connectivity index is 1.63. The zero-order chi connectivity index (χ0) is 15.4. The molecule has 2 heterocycles. The highest BCUT2D eigenvalue weighted by atomic mass is 16.5. The molecule has 2 fully saturated rings. The van der Waals surface area contributed by atoms with Crippen LogP contribution in [0.2, 0.25) is 0 Å². The van der Waals surface area contributed by atoms with Gasteiger partial charge in [-0.2, -0.15) is 0 Å². The van der Waals surface area contributed by atoms with Crippen LogP contribution in [0.25, 0.3) is 0 Å². The highest BCUT2D eigenvalue weighted by Gasteiger charge is 2.41. The Labute approximate surface area is 131 Å². The summed E-state index contributed by atoms with van der Waals surface area (Å²) in [5, 5.41) is 3.12. The van der Waals surface area contributed by atoms with Gasteiger partial charge in [0.2, 0.25) is 0 Å². The number of amides is 1. The van der Waals surface area contributed by atoms with Gasteiger partial charge in [0.25, 0.3) is 5.91 Å². The van der Waals surface area contributed by atoms with Crippen LogP contribution in [0, 0.1) is 0 Å². The van der Waals surface area contributed by atoms with E-state index in [1.807, 2.05) is 0 Å². The van der Waals surface area contributed by atoms with Crippen LogP contribution in [-0.4, -0.2) is 34.1 Å². The second-order valence-corrected chi connectivity index (χ2v) is 6.56. The van der Waals surface area contributed by atoms with Crippen molar-refractivity contribution in [3.05, 3.63) is 23.8 Å². The van der Waals surface area contributed by atoms with Crippen LogP contribution >= 0.6 is 0 Å². The lowest BCUT2D eigenvalue weighted by Gasteiger charge is -2.32. The van der Waals surface area contributed by atoms with Gasteiger partial charge in [0, 0.05) is 6.20 Å². The molecular weight excluding hydrogens is 278 g/mol. The smallest absolute Gasteiger partial charge is 0.255 e. The Morgan fingerprint density at radius 3 is 3.00 bits per heavy atom. The van der Waals surface area contributed by atoms with E-state index in [1.165, 1.54) is 25.6 Å². The van der Waals surface area contributed by atoms with E-state index < -0.39 is 0 Å². The molecule has 1 spiro atoms. The number of hydrogen-bond donors (Lipinski definition) is 1. The van der Waals surface area contributed by atoms with Crippen molar-refractivity contribution in [1.29, 1.82) is 0 Å². The number of carbonyl (C=O) groups excluding carboxylic acids is 1. The molecule has 0 bridgehead atoms. The molecule has 2 aliphatic rings. The first kappa shape index (κ1) is 15.4. The highest BCUT2D eigenvalue weighted by Crippen LogP contribution is 2.39. The summed E-state index contributed by atoms with van der Waals surface area (Å²) in [4.78, 5) is 20.8. The molecule has 0 radical (unpaired) electrons. The Kier molecular flexibility index (Phi) is 4.71. The SMILES string of the molecule is CCCc1ncncc1C(=O)N[C@H]1COC2(CCCCC2)C1. The molecule has 120 valence electrons. The molecule has 1 atom stereocenters. The van der Waals surface area contributed by atoms with E-state index in [-0.39, 0.29) is 17.6 Å². The standard InChI is InChI=1S/C17H25N3O2/c1-2-6-15-14(10-18-12-19-15)16(21)20-13-9-17(22-11-13)7-4-3-5-8-17/h10,12-13H,2-9,11H2,1H3,(H,20,21)/t13-/m1/s1. The van der Waals surface area contributed by atoms with E-state index in [9.17, 15) is 4.79 Å². The molecule has 1 N–H and O–H groups in total.